The lowest BCUT2D eigenvalue weighted by molar-refractivity contribution is 0.795. The van der Waals surface area contributed by atoms with Crippen LogP contribution in [0.15, 0.2) is 211 Å². The minimum Gasteiger partial charge on any atom is -0.399 e. The Balaban J connectivity index is 0.000000252. The summed E-state index contributed by atoms with van der Waals surface area (Å²) in [6.07, 6.45) is 14.5. The Kier molecular flexibility index (Phi) is 21.6. The van der Waals surface area contributed by atoms with Gasteiger partial charge in [-0.25, -0.2) is 0 Å². The zero-order valence-electron chi connectivity index (χ0n) is 41.5. The Bertz CT molecular complexity index is 2540. The monoisotopic (exact) mass is 977 g/mol. The van der Waals surface area contributed by atoms with Crippen LogP contribution in [-0.2, 0) is 25.7 Å². The summed E-state index contributed by atoms with van der Waals surface area (Å²) in [6.45, 7) is 8.98. The summed E-state index contributed by atoms with van der Waals surface area (Å²) in [6, 6.07) is 73.4. The number of halogens is 1. The molecule has 0 aliphatic carbocycles. The summed E-state index contributed by atoms with van der Waals surface area (Å²) in [4.78, 5) is 4.73. The molecule has 0 heterocycles. The molecule has 8 aromatic rings. The predicted molar refractivity (Wildman–Crippen MR) is 305 cm³/mol. The predicted octanol–water partition coefficient (Wildman–Crippen LogP) is 19.5. The van der Waals surface area contributed by atoms with Crippen LogP contribution in [0.25, 0.3) is 0 Å². The van der Waals surface area contributed by atoms with Crippen molar-refractivity contribution in [2.45, 2.75) is 105 Å². The molecule has 0 fully saturated rings. The van der Waals surface area contributed by atoms with E-state index in [0.29, 0.717) is 0 Å². The second kappa shape index (κ2) is 28.7. The van der Waals surface area contributed by atoms with Gasteiger partial charge in [-0.2, -0.15) is 0 Å². The van der Waals surface area contributed by atoms with Crippen LogP contribution in [0.1, 0.15) is 101 Å². The molecule has 69 heavy (non-hydrogen) atoms. The molecule has 3 N–H and O–H groups in total. The van der Waals surface area contributed by atoms with E-state index in [0.717, 1.165) is 57.9 Å². The van der Waals surface area contributed by atoms with E-state index in [-0.39, 0.29) is 0 Å². The number of nitrogen functional groups attached to an aromatic ring is 1. The average molecular weight is 978 g/mol. The molecule has 0 saturated carbocycles. The molecular weight excluding hydrogens is 905 g/mol. The molecule has 0 unspecified atom stereocenters. The van der Waals surface area contributed by atoms with Gasteiger partial charge in [0.2, 0.25) is 0 Å². The first-order valence-electron chi connectivity index (χ1n) is 25.3. The van der Waals surface area contributed by atoms with Gasteiger partial charge in [-0.05, 0) is 195 Å². The molecule has 0 aliphatic rings. The van der Waals surface area contributed by atoms with Gasteiger partial charge in [0.05, 0.1) is 0 Å². The molecule has 356 valence electrons. The molecule has 0 aliphatic heterocycles. The Morgan fingerprint density at radius 3 is 0.942 bits per heavy atom. The van der Waals surface area contributed by atoms with Gasteiger partial charge in [0.15, 0.2) is 0 Å². The van der Waals surface area contributed by atoms with Crippen molar-refractivity contribution in [3.8, 4) is 0 Å². The van der Waals surface area contributed by atoms with Crippen molar-refractivity contribution in [1.82, 2.24) is 0 Å². The van der Waals surface area contributed by atoms with Crippen LogP contribution in [0.2, 0.25) is 0 Å². The van der Waals surface area contributed by atoms with Crippen molar-refractivity contribution < 1.29 is 0 Å². The highest BCUT2D eigenvalue weighted by molar-refractivity contribution is 9.10. The molecule has 0 aromatic heterocycles. The lowest BCUT2D eigenvalue weighted by atomic mass is 10.1. The molecule has 5 heteroatoms. The van der Waals surface area contributed by atoms with Gasteiger partial charge in [-0.1, -0.05) is 154 Å². The smallest absolute Gasteiger partial charge is 0.0463 e. The van der Waals surface area contributed by atoms with Crippen LogP contribution >= 0.6 is 15.9 Å². The number of aryl methyl sites for hydroxylation is 4. The summed E-state index contributed by atoms with van der Waals surface area (Å²) < 4.78 is 1.16. The lowest BCUT2D eigenvalue weighted by Gasteiger charge is -2.28. The summed E-state index contributed by atoms with van der Waals surface area (Å²) in [7, 11) is 0. The van der Waals surface area contributed by atoms with Gasteiger partial charge in [0.1, 0.15) is 0 Å². The van der Waals surface area contributed by atoms with Gasteiger partial charge in [0, 0.05) is 55.7 Å². The van der Waals surface area contributed by atoms with Crippen LogP contribution in [-0.4, -0.2) is 0 Å². The quantitative estimate of drug-likeness (QED) is 0.0747. The van der Waals surface area contributed by atoms with Gasteiger partial charge >= 0.3 is 0 Å². The second-order valence-corrected chi connectivity index (χ2v) is 18.6. The van der Waals surface area contributed by atoms with Gasteiger partial charge in [-0.3, -0.25) is 0 Å². The minimum atomic E-state index is 0.781. The lowest BCUT2D eigenvalue weighted by Crippen LogP contribution is -2.12. The maximum atomic E-state index is 5.59. The van der Waals surface area contributed by atoms with Crippen molar-refractivity contribution in [1.29, 1.82) is 0 Å². The fourth-order valence-corrected chi connectivity index (χ4v) is 8.35. The standard InChI is InChI=1S/C42H48N2.C12H12N2.C10H13Br/c1-4-7-13-34-18-24-38(25-19-34)43(37-16-11-10-12-17-37)41-30-32-42(33-31-41)44(39-26-20-35(21-27-39)14-8-5-2)40-28-22-36(23-29-40)15-9-6-3;13-10-6-8-12(9-7-10)14-11-4-2-1-3-5-11;1-2-3-4-9-5-7-10(11)8-6-9/h10-12,16-33H,4-9,13-15H2,1-3H3;1-9,14H,13H2;5-8H,2-4H2,1H3. The molecule has 0 amide bonds. The third-order valence-electron chi connectivity index (χ3n) is 12.1. The van der Waals surface area contributed by atoms with E-state index in [1.807, 2.05) is 54.6 Å². The number of nitrogens with one attached hydrogen (secondary N) is 1. The van der Waals surface area contributed by atoms with Crippen molar-refractivity contribution >= 4 is 67.1 Å². The molecule has 0 bridgehead atoms. The van der Waals surface area contributed by atoms with Gasteiger partial charge in [-0.15, -0.1) is 0 Å². The number of rotatable bonds is 20. The zero-order chi connectivity index (χ0) is 48.5. The van der Waals surface area contributed by atoms with Crippen molar-refractivity contribution in [3.05, 3.63) is 233 Å². The van der Waals surface area contributed by atoms with E-state index in [1.54, 1.807) is 0 Å². The SMILES string of the molecule is CCCCc1ccc(Br)cc1.CCCCc1ccc(N(c2ccccc2)c2ccc(N(c3ccc(CCCC)cc3)c3ccc(CCCC)cc3)cc2)cc1.Nc1ccc(Nc2ccccc2)cc1. The third kappa shape index (κ3) is 16.9. The maximum Gasteiger partial charge on any atom is 0.0463 e. The number of hydrogen-bond donors (Lipinski definition) is 2. The fraction of sp³-hybridized carbons (Fsp3) is 0.250. The first kappa shape index (κ1) is 51.8. The molecule has 8 aromatic carbocycles. The van der Waals surface area contributed by atoms with Gasteiger partial charge < -0.3 is 20.9 Å². The van der Waals surface area contributed by atoms with Crippen molar-refractivity contribution in [3.63, 3.8) is 0 Å². The Morgan fingerprint density at radius 2 is 0.609 bits per heavy atom. The summed E-state index contributed by atoms with van der Waals surface area (Å²) in [5.74, 6) is 0. The van der Waals surface area contributed by atoms with Crippen LogP contribution in [0.4, 0.5) is 51.2 Å². The molecule has 0 atom stereocenters. The zero-order valence-corrected chi connectivity index (χ0v) is 43.1. The molecule has 8 rings (SSSR count). The van der Waals surface area contributed by atoms with E-state index in [4.69, 9.17) is 5.73 Å². The first-order chi connectivity index (χ1) is 33.9. The molecular formula is C64H73BrN4. The summed E-state index contributed by atoms with van der Waals surface area (Å²) >= 11 is 3.41. The van der Waals surface area contributed by atoms with Crippen LogP contribution in [0, 0.1) is 0 Å². The largest absolute Gasteiger partial charge is 0.399 e. The highest BCUT2D eigenvalue weighted by Crippen LogP contribution is 2.39. The van der Waals surface area contributed by atoms with Crippen molar-refractivity contribution in [2.75, 3.05) is 20.9 Å². The minimum absolute atomic E-state index is 0.781. The normalized spacial score (nSPS) is 10.6. The number of nitrogens with two attached hydrogens (primary N) is 1. The van der Waals surface area contributed by atoms with Crippen molar-refractivity contribution in [2.24, 2.45) is 0 Å². The average Bonchev–Trinajstić information content (AvgIpc) is 3.40. The molecule has 0 radical (unpaired) electrons. The maximum absolute atomic E-state index is 5.59. The molecule has 0 saturated heterocycles. The molecule has 0 spiro atoms. The Labute approximate surface area is 423 Å². The second-order valence-electron chi connectivity index (χ2n) is 17.7. The van der Waals surface area contributed by atoms with E-state index < -0.39 is 0 Å². The van der Waals surface area contributed by atoms with E-state index in [2.05, 4.69) is 210 Å². The Morgan fingerprint density at radius 1 is 0.333 bits per heavy atom. The van der Waals surface area contributed by atoms with Crippen LogP contribution in [0.5, 0.6) is 0 Å². The van der Waals surface area contributed by atoms with Crippen LogP contribution < -0.4 is 20.9 Å². The fourth-order valence-electron chi connectivity index (χ4n) is 8.09. The van der Waals surface area contributed by atoms with E-state index >= 15 is 0 Å². The number of anilines is 9. The number of benzene rings is 8. The summed E-state index contributed by atoms with van der Waals surface area (Å²) in [5.41, 5.74) is 21.1. The van der Waals surface area contributed by atoms with Crippen LogP contribution in [0.3, 0.4) is 0 Å². The number of nitrogens with zero attached hydrogens (tertiary/aromatic N) is 2. The number of unbranched alkanes of at least 4 members (excludes halogenated alkanes) is 4. The summed E-state index contributed by atoms with van der Waals surface area (Å²) in [5, 5.41) is 3.28. The molecule has 4 nitrogen and oxygen atoms in total. The van der Waals surface area contributed by atoms with E-state index in [1.165, 1.54) is 97.1 Å². The number of hydrogen-bond acceptors (Lipinski definition) is 4. The van der Waals surface area contributed by atoms with E-state index in [9.17, 15) is 0 Å². The topological polar surface area (TPSA) is 44.5 Å². The third-order valence-corrected chi connectivity index (χ3v) is 12.7. The first-order valence-corrected chi connectivity index (χ1v) is 26.1. The Hall–Kier alpha value is -6.56. The highest BCUT2D eigenvalue weighted by atomic mass is 79.9. The highest BCUT2D eigenvalue weighted by Gasteiger charge is 2.16. The van der Waals surface area contributed by atoms with Gasteiger partial charge in [0.25, 0.3) is 0 Å². The number of para-hydroxylation sites is 2.